The van der Waals surface area contributed by atoms with E-state index in [1.54, 1.807) is 6.07 Å². The van der Waals surface area contributed by atoms with Crippen molar-refractivity contribution in [3.05, 3.63) is 34.6 Å². The van der Waals surface area contributed by atoms with Crippen molar-refractivity contribution in [2.75, 3.05) is 19.6 Å². The van der Waals surface area contributed by atoms with Crippen LogP contribution in [0.1, 0.15) is 12.0 Å². The smallest absolute Gasteiger partial charge is 0.224 e. The summed E-state index contributed by atoms with van der Waals surface area (Å²) in [5.74, 6) is -0.140. The summed E-state index contributed by atoms with van der Waals surface area (Å²) >= 11 is 5.87. The average Bonchev–Trinajstić information content (AvgIpc) is 2.84. The van der Waals surface area contributed by atoms with Crippen LogP contribution in [0.4, 0.5) is 4.39 Å². The molecule has 2 N–H and O–H groups in total. The van der Waals surface area contributed by atoms with Crippen LogP contribution in [0, 0.1) is 11.7 Å². The van der Waals surface area contributed by atoms with E-state index in [4.69, 9.17) is 11.6 Å². The maximum absolute atomic E-state index is 13.5. The second-order valence-electron chi connectivity index (χ2n) is 4.54. The topological polar surface area (TPSA) is 41.1 Å². The largest absolute Gasteiger partial charge is 0.355 e. The van der Waals surface area contributed by atoms with Gasteiger partial charge in [-0.2, -0.15) is 0 Å². The second-order valence-corrected chi connectivity index (χ2v) is 4.95. The summed E-state index contributed by atoms with van der Waals surface area (Å²) in [5.41, 5.74) is 0.265. The zero-order valence-corrected chi connectivity index (χ0v) is 10.8. The van der Waals surface area contributed by atoms with Crippen LogP contribution in [0.5, 0.6) is 0 Å². The normalized spacial score (nSPS) is 18.9. The molecule has 0 spiro atoms. The Morgan fingerprint density at radius 2 is 2.39 bits per heavy atom. The molecule has 0 radical (unpaired) electrons. The number of benzene rings is 1. The highest BCUT2D eigenvalue weighted by Crippen LogP contribution is 2.19. The van der Waals surface area contributed by atoms with Gasteiger partial charge < -0.3 is 10.6 Å². The van der Waals surface area contributed by atoms with Gasteiger partial charge in [-0.15, -0.1) is 0 Å². The number of carbonyl (C=O) groups is 1. The van der Waals surface area contributed by atoms with Crippen LogP contribution in [0.25, 0.3) is 0 Å². The first-order valence-corrected chi connectivity index (χ1v) is 6.45. The molecule has 5 heteroatoms. The SMILES string of the molecule is O=C(Cc1c(F)cccc1Cl)NCC1CCNC1. The van der Waals surface area contributed by atoms with Crippen LogP contribution in [-0.4, -0.2) is 25.5 Å². The monoisotopic (exact) mass is 270 g/mol. The van der Waals surface area contributed by atoms with E-state index in [1.165, 1.54) is 12.1 Å². The summed E-state index contributed by atoms with van der Waals surface area (Å²) in [6.07, 6.45) is 1.06. The standard InChI is InChI=1S/C13H16ClFN2O/c14-11-2-1-3-12(15)10(11)6-13(18)17-8-9-4-5-16-7-9/h1-3,9,16H,4-8H2,(H,17,18). The van der Waals surface area contributed by atoms with Crippen molar-refractivity contribution in [3.8, 4) is 0 Å². The van der Waals surface area contributed by atoms with Gasteiger partial charge in [0.1, 0.15) is 5.82 Å². The van der Waals surface area contributed by atoms with Crippen molar-refractivity contribution < 1.29 is 9.18 Å². The Kier molecular flexibility index (Phi) is 4.55. The Labute approximate surface area is 111 Å². The predicted octanol–water partition coefficient (Wildman–Crippen LogP) is 1.75. The van der Waals surface area contributed by atoms with Gasteiger partial charge in [-0.3, -0.25) is 4.79 Å². The fourth-order valence-corrected chi connectivity index (χ4v) is 2.30. The first-order valence-electron chi connectivity index (χ1n) is 6.07. The summed E-state index contributed by atoms with van der Waals surface area (Å²) < 4.78 is 13.5. The van der Waals surface area contributed by atoms with E-state index < -0.39 is 5.82 Å². The van der Waals surface area contributed by atoms with Crippen molar-refractivity contribution in [2.45, 2.75) is 12.8 Å². The van der Waals surface area contributed by atoms with Gasteiger partial charge in [0.2, 0.25) is 5.91 Å². The minimum atomic E-state index is -0.430. The van der Waals surface area contributed by atoms with Crippen molar-refractivity contribution >= 4 is 17.5 Å². The predicted molar refractivity (Wildman–Crippen MR) is 69.1 cm³/mol. The summed E-state index contributed by atoms with van der Waals surface area (Å²) in [7, 11) is 0. The Bertz CT molecular complexity index is 413. The molecule has 1 aromatic carbocycles. The third-order valence-electron chi connectivity index (χ3n) is 3.15. The first-order chi connectivity index (χ1) is 8.66. The second kappa shape index (κ2) is 6.16. The Balaban J connectivity index is 1.86. The molecule has 1 unspecified atom stereocenters. The van der Waals surface area contributed by atoms with E-state index in [-0.39, 0.29) is 17.9 Å². The van der Waals surface area contributed by atoms with Crippen molar-refractivity contribution in [3.63, 3.8) is 0 Å². The van der Waals surface area contributed by atoms with Gasteiger partial charge in [0.05, 0.1) is 6.42 Å². The summed E-state index contributed by atoms with van der Waals surface area (Å²) in [6, 6.07) is 4.44. The molecule has 1 atom stereocenters. The molecule has 1 amide bonds. The molecule has 18 heavy (non-hydrogen) atoms. The minimum absolute atomic E-state index is 0.00828. The fraction of sp³-hybridized carbons (Fsp3) is 0.462. The van der Waals surface area contributed by atoms with Crippen molar-refractivity contribution in [1.82, 2.24) is 10.6 Å². The molecule has 0 aliphatic carbocycles. The Morgan fingerprint density at radius 1 is 1.56 bits per heavy atom. The molecule has 0 bridgehead atoms. The number of hydrogen-bond donors (Lipinski definition) is 2. The molecule has 98 valence electrons. The highest BCUT2D eigenvalue weighted by atomic mass is 35.5. The fourth-order valence-electron chi connectivity index (χ4n) is 2.07. The van der Waals surface area contributed by atoms with Gasteiger partial charge in [-0.1, -0.05) is 17.7 Å². The van der Waals surface area contributed by atoms with Crippen LogP contribution in [0.2, 0.25) is 5.02 Å². The molecular weight excluding hydrogens is 255 g/mol. The van der Waals surface area contributed by atoms with E-state index in [9.17, 15) is 9.18 Å². The van der Waals surface area contributed by atoms with Crippen LogP contribution < -0.4 is 10.6 Å². The summed E-state index contributed by atoms with van der Waals surface area (Å²) in [4.78, 5) is 11.7. The van der Waals surface area contributed by atoms with Crippen LogP contribution in [-0.2, 0) is 11.2 Å². The number of hydrogen-bond acceptors (Lipinski definition) is 2. The number of nitrogens with one attached hydrogen (secondary N) is 2. The molecule has 2 rings (SSSR count). The Morgan fingerprint density at radius 3 is 3.06 bits per heavy atom. The minimum Gasteiger partial charge on any atom is -0.355 e. The van der Waals surface area contributed by atoms with Gasteiger partial charge in [0.15, 0.2) is 0 Å². The van der Waals surface area contributed by atoms with E-state index in [1.807, 2.05) is 0 Å². The van der Waals surface area contributed by atoms with E-state index in [0.717, 1.165) is 19.5 Å². The van der Waals surface area contributed by atoms with Gasteiger partial charge in [-0.25, -0.2) is 4.39 Å². The summed E-state index contributed by atoms with van der Waals surface area (Å²) in [6.45, 7) is 2.57. The lowest BCUT2D eigenvalue weighted by molar-refractivity contribution is -0.120. The molecule has 1 saturated heterocycles. The third kappa shape index (κ3) is 3.43. The number of rotatable bonds is 4. The molecule has 1 aliphatic rings. The van der Waals surface area contributed by atoms with Crippen LogP contribution in [0.3, 0.4) is 0 Å². The highest BCUT2D eigenvalue weighted by molar-refractivity contribution is 6.31. The van der Waals surface area contributed by atoms with Crippen LogP contribution in [0.15, 0.2) is 18.2 Å². The number of amides is 1. The van der Waals surface area contributed by atoms with Gasteiger partial charge in [0, 0.05) is 17.1 Å². The average molecular weight is 271 g/mol. The van der Waals surface area contributed by atoms with Crippen molar-refractivity contribution in [2.24, 2.45) is 5.92 Å². The quantitative estimate of drug-likeness (QED) is 0.875. The molecule has 0 saturated carbocycles. The molecular formula is C13H16ClFN2O. The summed E-state index contributed by atoms with van der Waals surface area (Å²) in [5, 5.41) is 6.35. The zero-order valence-electron chi connectivity index (χ0n) is 10.0. The molecule has 3 nitrogen and oxygen atoms in total. The van der Waals surface area contributed by atoms with Gasteiger partial charge in [-0.05, 0) is 37.6 Å². The molecule has 1 heterocycles. The maximum atomic E-state index is 13.5. The third-order valence-corrected chi connectivity index (χ3v) is 3.50. The van der Waals surface area contributed by atoms with E-state index >= 15 is 0 Å². The molecule has 1 fully saturated rings. The molecule has 1 aromatic rings. The van der Waals surface area contributed by atoms with Crippen molar-refractivity contribution in [1.29, 1.82) is 0 Å². The zero-order chi connectivity index (χ0) is 13.0. The molecule has 1 aliphatic heterocycles. The van der Waals surface area contributed by atoms with Gasteiger partial charge in [0.25, 0.3) is 0 Å². The van der Waals surface area contributed by atoms with Crippen LogP contribution >= 0.6 is 11.6 Å². The lowest BCUT2D eigenvalue weighted by Crippen LogP contribution is -2.31. The number of halogens is 2. The number of carbonyl (C=O) groups excluding carboxylic acids is 1. The van der Waals surface area contributed by atoms with E-state index in [2.05, 4.69) is 10.6 Å². The van der Waals surface area contributed by atoms with E-state index in [0.29, 0.717) is 17.5 Å². The maximum Gasteiger partial charge on any atom is 0.224 e. The molecule has 0 aromatic heterocycles. The van der Waals surface area contributed by atoms with Gasteiger partial charge >= 0.3 is 0 Å². The lowest BCUT2D eigenvalue weighted by atomic mass is 10.1. The Hall–Kier alpha value is -1.13. The lowest BCUT2D eigenvalue weighted by Gasteiger charge is -2.11. The highest BCUT2D eigenvalue weighted by Gasteiger charge is 2.16. The first kappa shape index (κ1) is 13.3.